The molecule has 1 fully saturated rings. The second-order valence-corrected chi connectivity index (χ2v) is 8.28. The summed E-state index contributed by atoms with van der Waals surface area (Å²) in [6.07, 6.45) is 1.49. The second-order valence-electron chi connectivity index (χ2n) is 7.36. The maximum absolute atomic E-state index is 10.2. The smallest absolute Gasteiger partial charge is 0.191 e. The van der Waals surface area contributed by atoms with Crippen molar-refractivity contribution in [2.45, 2.75) is 38.8 Å². The van der Waals surface area contributed by atoms with Gasteiger partial charge in [-0.2, -0.15) is 0 Å². The molecule has 30 heavy (non-hydrogen) atoms. The van der Waals surface area contributed by atoms with Gasteiger partial charge in [-0.3, -0.25) is 4.99 Å². The van der Waals surface area contributed by atoms with Gasteiger partial charge in [0.2, 0.25) is 0 Å². The predicted octanol–water partition coefficient (Wildman–Crippen LogP) is 3.64. The summed E-state index contributed by atoms with van der Waals surface area (Å²) in [6.45, 7) is 7.48. The molecule has 1 aromatic carbocycles. The van der Waals surface area contributed by atoms with E-state index in [4.69, 9.17) is 4.74 Å². The van der Waals surface area contributed by atoms with E-state index in [9.17, 15) is 5.11 Å². The van der Waals surface area contributed by atoms with Crippen LogP contribution >= 0.6 is 35.3 Å². The van der Waals surface area contributed by atoms with Crippen molar-refractivity contribution in [2.75, 3.05) is 37.7 Å². The topological polar surface area (TPSA) is 69.1 Å². The van der Waals surface area contributed by atoms with Gasteiger partial charge in [-0.1, -0.05) is 12.1 Å². The molecule has 0 radical (unpaired) electrons. The number of thiophene rings is 1. The number of nitrogens with zero attached hydrogens (tertiary/aromatic N) is 2. The summed E-state index contributed by atoms with van der Waals surface area (Å²) in [4.78, 5) is 7.00. The van der Waals surface area contributed by atoms with E-state index in [1.54, 1.807) is 11.3 Å². The number of aliphatic hydroxyl groups excluding tert-OH is 1. The van der Waals surface area contributed by atoms with Crippen molar-refractivity contribution in [2.24, 2.45) is 4.99 Å². The van der Waals surface area contributed by atoms with Crippen molar-refractivity contribution in [3.8, 4) is 5.75 Å². The third-order valence-corrected chi connectivity index (χ3v) is 5.82. The SMILES string of the molecule is CCNC(=NCC(O)COc1cccc(C)c1)NC1CCN(c2cccs2)CC1.I. The van der Waals surface area contributed by atoms with Gasteiger partial charge >= 0.3 is 0 Å². The Morgan fingerprint density at radius 1 is 1.30 bits per heavy atom. The van der Waals surface area contributed by atoms with E-state index in [0.29, 0.717) is 12.6 Å². The molecule has 166 valence electrons. The molecule has 2 heterocycles. The van der Waals surface area contributed by atoms with Crippen molar-refractivity contribution >= 4 is 46.3 Å². The van der Waals surface area contributed by atoms with Crippen LogP contribution in [0.15, 0.2) is 46.8 Å². The third-order valence-electron chi connectivity index (χ3n) is 4.89. The molecule has 0 saturated carbocycles. The first-order chi connectivity index (χ1) is 14.1. The number of halogens is 1. The van der Waals surface area contributed by atoms with Crippen LogP contribution < -0.4 is 20.3 Å². The highest BCUT2D eigenvalue weighted by atomic mass is 127. The number of nitrogens with one attached hydrogen (secondary N) is 2. The van der Waals surface area contributed by atoms with E-state index < -0.39 is 6.10 Å². The molecule has 1 saturated heterocycles. The Morgan fingerprint density at radius 3 is 2.77 bits per heavy atom. The quantitative estimate of drug-likeness (QED) is 0.269. The molecule has 2 aromatic rings. The van der Waals surface area contributed by atoms with Gasteiger partial charge in [0.05, 0.1) is 11.5 Å². The highest BCUT2D eigenvalue weighted by Gasteiger charge is 2.20. The molecule has 1 aliphatic rings. The predicted molar refractivity (Wildman–Crippen MR) is 137 cm³/mol. The first kappa shape index (κ1) is 24.7. The number of benzene rings is 1. The minimum absolute atomic E-state index is 0. The van der Waals surface area contributed by atoms with Crippen LogP contribution in [-0.4, -0.2) is 56.0 Å². The van der Waals surface area contributed by atoms with Gasteiger partial charge in [-0.05, 0) is 61.9 Å². The number of aliphatic hydroxyl groups is 1. The van der Waals surface area contributed by atoms with Crippen molar-refractivity contribution in [3.05, 3.63) is 47.3 Å². The lowest BCUT2D eigenvalue weighted by Crippen LogP contribution is -2.49. The van der Waals surface area contributed by atoms with Gasteiger partial charge < -0.3 is 25.4 Å². The molecule has 1 atom stereocenters. The first-order valence-corrected chi connectivity index (χ1v) is 11.2. The molecule has 0 amide bonds. The Morgan fingerprint density at radius 2 is 2.10 bits per heavy atom. The molecule has 1 aliphatic heterocycles. The number of aryl methyl sites for hydroxylation is 1. The Kier molecular flexibility index (Phi) is 10.7. The maximum atomic E-state index is 10.2. The number of anilines is 1. The average molecular weight is 545 g/mol. The Hall–Kier alpha value is -1.52. The molecular formula is C22H33IN4O2S. The summed E-state index contributed by atoms with van der Waals surface area (Å²) in [5.74, 6) is 1.53. The summed E-state index contributed by atoms with van der Waals surface area (Å²) < 4.78 is 5.67. The van der Waals surface area contributed by atoms with E-state index in [2.05, 4.69) is 38.0 Å². The van der Waals surface area contributed by atoms with Crippen molar-refractivity contribution in [1.29, 1.82) is 0 Å². The number of hydrogen-bond donors (Lipinski definition) is 3. The van der Waals surface area contributed by atoms with E-state index in [-0.39, 0.29) is 30.6 Å². The van der Waals surface area contributed by atoms with Crippen LogP contribution in [0.2, 0.25) is 0 Å². The van der Waals surface area contributed by atoms with Gasteiger partial charge in [0.1, 0.15) is 18.5 Å². The maximum Gasteiger partial charge on any atom is 0.191 e. The van der Waals surface area contributed by atoms with Gasteiger partial charge in [0.15, 0.2) is 5.96 Å². The number of ether oxygens (including phenoxy) is 1. The summed E-state index contributed by atoms with van der Waals surface area (Å²) in [6, 6.07) is 12.5. The first-order valence-electron chi connectivity index (χ1n) is 10.3. The summed E-state index contributed by atoms with van der Waals surface area (Å²) in [5.41, 5.74) is 1.14. The van der Waals surface area contributed by atoms with Crippen LogP contribution in [0.5, 0.6) is 5.75 Å². The van der Waals surface area contributed by atoms with Crippen LogP contribution in [0.25, 0.3) is 0 Å². The molecule has 0 bridgehead atoms. The van der Waals surface area contributed by atoms with Gasteiger partial charge in [0.25, 0.3) is 0 Å². The van der Waals surface area contributed by atoms with E-state index >= 15 is 0 Å². The Bertz CT molecular complexity index is 764. The fourth-order valence-electron chi connectivity index (χ4n) is 3.35. The molecule has 3 rings (SSSR count). The molecule has 0 spiro atoms. The van der Waals surface area contributed by atoms with E-state index in [0.717, 1.165) is 49.7 Å². The number of aliphatic imine (C=N–C) groups is 1. The molecule has 0 aliphatic carbocycles. The van der Waals surface area contributed by atoms with Crippen molar-refractivity contribution in [3.63, 3.8) is 0 Å². The summed E-state index contributed by atoms with van der Waals surface area (Å²) in [5, 5.41) is 20.5. The lowest BCUT2D eigenvalue weighted by Gasteiger charge is -2.33. The fourth-order valence-corrected chi connectivity index (χ4v) is 4.14. The van der Waals surface area contributed by atoms with Crippen molar-refractivity contribution in [1.82, 2.24) is 10.6 Å². The van der Waals surface area contributed by atoms with Crippen LogP contribution in [0.4, 0.5) is 5.00 Å². The summed E-state index contributed by atoms with van der Waals surface area (Å²) in [7, 11) is 0. The van der Waals surface area contributed by atoms with Gasteiger partial charge in [-0.15, -0.1) is 35.3 Å². The molecule has 1 unspecified atom stereocenters. The highest BCUT2D eigenvalue weighted by molar-refractivity contribution is 14.0. The summed E-state index contributed by atoms with van der Waals surface area (Å²) >= 11 is 1.80. The van der Waals surface area contributed by atoms with E-state index in [1.807, 2.05) is 38.1 Å². The second kappa shape index (κ2) is 13.0. The van der Waals surface area contributed by atoms with Gasteiger partial charge in [0, 0.05) is 25.7 Å². The Balaban J connectivity index is 0.00000320. The minimum atomic E-state index is -0.647. The number of rotatable bonds is 8. The molecular weight excluding hydrogens is 511 g/mol. The average Bonchev–Trinajstić information content (AvgIpc) is 3.26. The fraction of sp³-hybridized carbons (Fsp3) is 0.500. The van der Waals surface area contributed by atoms with Crippen LogP contribution in [0.1, 0.15) is 25.3 Å². The largest absolute Gasteiger partial charge is 0.491 e. The minimum Gasteiger partial charge on any atom is -0.491 e. The van der Waals surface area contributed by atoms with Crippen LogP contribution in [0.3, 0.4) is 0 Å². The highest BCUT2D eigenvalue weighted by Crippen LogP contribution is 2.24. The zero-order chi connectivity index (χ0) is 20.5. The standard InChI is InChI=1S/C22H32N4O2S.HI/c1-3-23-22(24-15-19(27)16-28-20-7-4-6-17(2)14-20)25-18-9-11-26(12-10-18)21-8-5-13-29-21;/h4-8,13-14,18-19,27H,3,9-12,15-16H2,1-2H3,(H2,23,24,25);1H. The van der Waals surface area contributed by atoms with Crippen LogP contribution in [-0.2, 0) is 0 Å². The Labute approximate surface area is 200 Å². The molecule has 1 aromatic heterocycles. The van der Waals surface area contributed by atoms with Crippen LogP contribution in [0, 0.1) is 6.92 Å². The monoisotopic (exact) mass is 544 g/mol. The molecule has 8 heteroatoms. The number of guanidine groups is 1. The number of hydrogen-bond acceptors (Lipinski definition) is 5. The third kappa shape index (κ3) is 7.96. The zero-order valence-electron chi connectivity index (χ0n) is 17.7. The van der Waals surface area contributed by atoms with E-state index in [1.165, 1.54) is 5.00 Å². The zero-order valence-corrected chi connectivity index (χ0v) is 20.9. The lowest BCUT2D eigenvalue weighted by molar-refractivity contribution is 0.114. The lowest BCUT2D eigenvalue weighted by atomic mass is 10.1. The van der Waals surface area contributed by atoms with Gasteiger partial charge in [-0.25, -0.2) is 0 Å². The normalized spacial score (nSPS) is 16.0. The number of piperidine rings is 1. The molecule has 6 nitrogen and oxygen atoms in total. The van der Waals surface area contributed by atoms with Crippen molar-refractivity contribution < 1.29 is 9.84 Å². The molecule has 3 N–H and O–H groups in total.